The number of aromatic nitrogens is 2. The first-order chi connectivity index (χ1) is 7.75. The molecule has 82 valence electrons. The lowest BCUT2D eigenvalue weighted by Crippen LogP contribution is -2.02. The Bertz CT molecular complexity index is 471. The van der Waals surface area contributed by atoms with Crippen LogP contribution in [0.4, 0.5) is 5.95 Å². The van der Waals surface area contributed by atoms with Crippen LogP contribution in [0.5, 0.6) is 5.88 Å². The lowest BCUT2D eigenvalue weighted by Gasteiger charge is -2.07. The van der Waals surface area contributed by atoms with Gasteiger partial charge in [-0.1, -0.05) is 30.3 Å². The zero-order valence-electron chi connectivity index (χ0n) is 9.05. The van der Waals surface area contributed by atoms with E-state index in [9.17, 15) is 0 Å². The molecule has 0 saturated heterocycles. The second-order valence-electron chi connectivity index (χ2n) is 3.49. The van der Waals surface area contributed by atoms with E-state index in [-0.39, 0.29) is 5.95 Å². The zero-order chi connectivity index (χ0) is 11.4. The highest BCUT2D eigenvalue weighted by atomic mass is 16.5. The van der Waals surface area contributed by atoms with Crippen LogP contribution < -0.4 is 10.5 Å². The number of benzene rings is 1. The third-order valence-electron chi connectivity index (χ3n) is 2.16. The SMILES string of the molecule is Cc1cnc(N)nc1OCc1ccccc1. The summed E-state index contributed by atoms with van der Waals surface area (Å²) in [7, 11) is 0. The Balaban J connectivity index is 2.08. The van der Waals surface area contributed by atoms with Crippen molar-refractivity contribution in [1.82, 2.24) is 9.97 Å². The van der Waals surface area contributed by atoms with Crippen molar-refractivity contribution in [1.29, 1.82) is 0 Å². The van der Waals surface area contributed by atoms with E-state index in [1.54, 1.807) is 6.20 Å². The number of ether oxygens (including phenoxy) is 1. The van der Waals surface area contributed by atoms with Crippen molar-refractivity contribution in [3.05, 3.63) is 47.7 Å². The molecule has 2 aromatic rings. The maximum atomic E-state index is 5.57. The van der Waals surface area contributed by atoms with E-state index in [1.807, 2.05) is 37.3 Å². The van der Waals surface area contributed by atoms with Gasteiger partial charge < -0.3 is 10.5 Å². The van der Waals surface area contributed by atoms with Crippen molar-refractivity contribution in [2.24, 2.45) is 0 Å². The molecule has 0 aliphatic rings. The first kappa shape index (κ1) is 10.4. The first-order valence-corrected chi connectivity index (χ1v) is 5.01. The second kappa shape index (κ2) is 4.61. The lowest BCUT2D eigenvalue weighted by molar-refractivity contribution is 0.291. The van der Waals surface area contributed by atoms with E-state index in [0.717, 1.165) is 11.1 Å². The van der Waals surface area contributed by atoms with Crippen molar-refractivity contribution >= 4 is 5.95 Å². The van der Waals surface area contributed by atoms with E-state index in [0.29, 0.717) is 12.5 Å². The van der Waals surface area contributed by atoms with Crippen molar-refractivity contribution in [3.63, 3.8) is 0 Å². The Morgan fingerprint density at radius 3 is 2.75 bits per heavy atom. The van der Waals surface area contributed by atoms with Crippen molar-refractivity contribution in [2.45, 2.75) is 13.5 Å². The summed E-state index contributed by atoms with van der Waals surface area (Å²) in [4.78, 5) is 7.91. The molecule has 0 aliphatic heterocycles. The van der Waals surface area contributed by atoms with Crippen LogP contribution in [0.3, 0.4) is 0 Å². The van der Waals surface area contributed by atoms with E-state index in [2.05, 4.69) is 9.97 Å². The normalized spacial score (nSPS) is 10.1. The minimum absolute atomic E-state index is 0.230. The van der Waals surface area contributed by atoms with Gasteiger partial charge in [0.05, 0.1) is 0 Å². The fourth-order valence-electron chi connectivity index (χ4n) is 1.31. The summed E-state index contributed by atoms with van der Waals surface area (Å²) in [5, 5.41) is 0. The molecule has 2 rings (SSSR count). The number of rotatable bonds is 3. The molecule has 1 aromatic heterocycles. The zero-order valence-corrected chi connectivity index (χ0v) is 9.05. The number of hydrogen-bond donors (Lipinski definition) is 1. The van der Waals surface area contributed by atoms with Crippen LogP contribution in [-0.2, 0) is 6.61 Å². The van der Waals surface area contributed by atoms with E-state index < -0.39 is 0 Å². The number of aryl methyl sites for hydroxylation is 1. The molecule has 16 heavy (non-hydrogen) atoms. The van der Waals surface area contributed by atoms with Gasteiger partial charge in [-0.3, -0.25) is 0 Å². The molecule has 4 heteroatoms. The largest absolute Gasteiger partial charge is 0.472 e. The van der Waals surface area contributed by atoms with Gasteiger partial charge in [0, 0.05) is 11.8 Å². The average molecular weight is 215 g/mol. The monoisotopic (exact) mass is 215 g/mol. The molecule has 4 nitrogen and oxygen atoms in total. The number of nitrogens with two attached hydrogens (primary N) is 1. The van der Waals surface area contributed by atoms with Gasteiger partial charge in [0.25, 0.3) is 0 Å². The molecule has 0 aliphatic carbocycles. The Morgan fingerprint density at radius 1 is 1.25 bits per heavy atom. The van der Waals surface area contributed by atoms with Crippen LogP contribution in [0.15, 0.2) is 36.5 Å². The maximum Gasteiger partial charge on any atom is 0.223 e. The van der Waals surface area contributed by atoms with E-state index in [1.165, 1.54) is 0 Å². The average Bonchev–Trinajstić information content (AvgIpc) is 2.32. The van der Waals surface area contributed by atoms with Crippen LogP contribution in [0.2, 0.25) is 0 Å². The molecular formula is C12H13N3O. The summed E-state index contributed by atoms with van der Waals surface area (Å²) < 4.78 is 5.57. The minimum Gasteiger partial charge on any atom is -0.472 e. The molecule has 0 fully saturated rings. The molecule has 1 heterocycles. The molecule has 0 radical (unpaired) electrons. The van der Waals surface area contributed by atoms with Crippen LogP contribution in [-0.4, -0.2) is 9.97 Å². The van der Waals surface area contributed by atoms with E-state index >= 15 is 0 Å². The topological polar surface area (TPSA) is 61.0 Å². The summed E-state index contributed by atoms with van der Waals surface area (Å²) in [6.45, 7) is 2.37. The molecule has 0 unspecified atom stereocenters. The highest BCUT2D eigenvalue weighted by Crippen LogP contribution is 2.15. The summed E-state index contributed by atoms with van der Waals surface area (Å²) in [6, 6.07) is 9.91. The van der Waals surface area contributed by atoms with Crippen molar-refractivity contribution in [2.75, 3.05) is 5.73 Å². The van der Waals surface area contributed by atoms with Crippen molar-refractivity contribution in [3.8, 4) is 5.88 Å². The molecule has 0 saturated carbocycles. The van der Waals surface area contributed by atoms with Gasteiger partial charge in [0.2, 0.25) is 11.8 Å². The second-order valence-corrected chi connectivity index (χ2v) is 3.49. The number of hydrogen-bond acceptors (Lipinski definition) is 4. The van der Waals surface area contributed by atoms with Gasteiger partial charge in [-0.25, -0.2) is 4.98 Å². The van der Waals surface area contributed by atoms with Crippen LogP contribution in [0.25, 0.3) is 0 Å². The molecule has 0 atom stereocenters. The van der Waals surface area contributed by atoms with Gasteiger partial charge in [0.1, 0.15) is 6.61 Å². The van der Waals surface area contributed by atoms with Crippen LogP contribution in [0.1, 0.15) is 11.1 Å². The van der Waals surface area contributed by atoms with Gasteiger partial charge >= 0.3 is 0 Å². The lowest BCUT2D eigenvalue weighted by atomic mass is 10.2. The maximum absolute atomic E-state index is 5.57. The van der Waals surface area contributed by atoms with Gasteiger partial charge in [0.15, 0.2) is 0 Å². The highest BCUT2D eigenvalue weighted by molar-refractivity contribution is 5.29. The number of nitrogens with zero attached hydrogens (tertiary/aromatic N) is 2. The Labute approximate surface area is 94.1 Å². The Morgan fingerprint density at radius 2 is 2.00 bits per heavy atom. The summed E-state index contributed by atoms with van der Waals surface area (Å²) >= 11 is 0. The quantitative estimate of drug-likeness (QED) is 0.850. The third kappa shape index (κ3) is 2.48. The third-order valence-corrected chi connectivity index (χ3v) is 2.16. The highest BCUT2D eigenvalue weighted by Gasteiger charge is 2.03. The fraction of sp³-hybridized carbons (Fsp3) is 0.167. The van der Waals surface area contributed by atoms with Gasteiger partial charge in [-0.05, 0) is 12.5 Å². The number of anilines is 1. The first-order valence-electron chi connectivity index (χ1n) is 5.01. The summed E-state index contributed by atoms with van der Waals surface area (Å²) in [6.07, 6.45) is 1.66. The van der Waals surface area contributed by atoms with Crippen LogP contribution in [0, 0.1) is 6.92 Å². The van der Waals surface area contributed by atoms with E-state index in [4.69, 9.17) is 10.5 Å². The molecule has 2 N–H and O–H groups in total. The fourth-order valence-corrected chi connectivity index (χ4v) is 1.31. The Kier molecular flexibility index (Phi) is 3.00. The van der Waals surface area contributed by atoms with Crippen molar-refractivity contribution < 1.29 is 4.74 Å². The van der Waals surface area contributed by atoms with Crippen LogP contribution >= 0.6 is 0 Å². The minimum atomic E-state index is 0.230. The molecule has 0 spiro atoms. The molecular weight excluding hydrogens is 202 g/mol. The molecule has 1 aromatic carbocycles. The smallest absolute Gasteiger partial charge is 0.223 e. The standard InChI is InChI=1S/C12H13N3O/c1-9-7-14-12(13)15-11(9)16-8-10-5-3-2-4-6-10/h2-7H,8H2,1H3,(H2,13,14,15). The van der Waals surface area contributed by atoms with Gasteiger partial charge in [-0.2, -0.15) is 4.98 Å². The summed E-state index contributed by atoms with van der Waals surface area (Å²) in [5.74, 6) is 0.769. The Hall–Kier alpha value is -2.10. The predicted octanol–water partition coefficient (Wildman–Crippen LogP) is 1.95. The number of nitrogen functional groups attached to an aromatic ring is 1. The van der Waals surface area contributed by atoms with Gasteiger partial charge in [-0.15, -0.1) is 0 Å². The molecule has 0 bridgehead atoms. The summed E-state index contributed by atoms with van der Waals surface area (Å²) in [5.41, 5.74) is 7.47. The molecule has 0 amide bonds. The predicted molar refractivity (Wildman–Crippen MR) is 62.0 cm³/mol.